The molecule has 0 unspecified atom stereocenters. The Morgan fingerprint density at radius 3 is 0.889 bits per heavy atom. The summed E-state index contributed by atoms with van der Waals surface area (Å²) in [7, 11) is 0. The van der Waals surface area contributed by atoms with Gasteiger partial charge in [-0.3, -0.25) is 0 Å². The maximum absolute atomic E-state index is 4.90. The second kappa shape index (κ2) is 53.6. The minimum atomic E-state index is 0. The van der Waals surface area contributed by atoms with Gasteiger partial charge in [0.05, 0.1) is 0 Å². The van der Waals surface area contributed by atoms with E-state index in [1.165, 1.54) is 0 Å². The van der Waals surface area contributed by atoms with Crippen molar-refractivity contribution in [3.8, 4) is 0 Å². The SMILES string of the molecule is Cl.Cl.NCCN.[Cl-].[Cl-].[Zn+2]. The predicted octanol–water partition coefficient (Wildman–Crippen LogP) is -6.25. The van der Waals surface area contributed by atoms with Gasteiger partial charge in [0.25, 0.3) is 0 Å². The molecule has 4 N–H and O–H groups in total. The maximum Gasteiger partial charge on any atom is 2.00 e. The van der Waals surface area contributed by atoms with E-state index in [1.54, 1.807) is 0 Å². The molecule has 7 heteroatoms. The smallest absolute Gasteiger partial charge is 1.00 e. The van der Waals surface area contributed by atoms with Crippen LogP contribution in [0.3, 0.4) is 0 Å². The fraction of sp³-hybridized carbons (Fsp3) is 1.00. The molecule has 0 fully saturated rings. The Morgan fingerprint density at radius 1 is 0.778 bits per heavy atom. The first-order valence-corrected chi connectivity index (χ1v) is 1.32. The average Bonchev–Trinajstić information content (AvgIpc) is 1.37. The minimum absolute atomic E-state index is 0. The molecule has 0 spiro atoms. The van der Waals surface area contributed by atoms with Crippen molar-refractivity contribution in [1.82, 2.24) is 0 Å². The van der Waals surface area contributed by atoms with E-state index in [-0.39, 0.29) is 69.1 Å². The van der Waals surface area contributed by atoms with Gasteiger partial charge < -0.3 is 36.3 Å². The molecule has 0 aliphatic carbocycles. The van der Waals surface area contributed by atoms with Crippen LogP contribution in [0.5, 0.6) is 0 Å². The second-order valence-corrected chi connectivity index (χ2v) is 0.577. The number of hydrogen-bond donors (Lipinski definition) is 2. The van der Waals surface area contributed by atoms with Crippen LogP contribution >= 0.6 is 24.8 Å². The average molecular weight is 269 g/mol. The summed E-state index contributed by atoms with van der Waals surface area (Å²) in [4.78, 5) is 0. The third-order valence-electron chi connectivity index (χ3n) is 0.167. The van der Waals surface area contributed by atoms with Crippen molar-refractivity contribution in [3.05, 3.63) is 0 Å². The van der Waals surface area contributed by atoms with Gasteiger partial charge in [-0.25, -0.2) is 0 Å². The van der Waals surface area contributed by atoms with Gasteiger partial charge >= 0.3 is 19.5 Å². The maximum atomic E-state index is 4.90. The van der Waals surface area contributed by atoms with Crippen molar-refractivity contribution in [2.75, 3.05) is 13.1 Å². The molecule has 58 valence electrons. The van der Waals surface area contributed by atoms with E-state index in [4.69, 9.17) is 11.5 Å². The molecule has 0 atom stereocenters. The summed E-state index contributed by atoms with van der Waals surface area (Å²) in [5.41, 5.74) is 9.81. The molecule has 0 aromatic rings. The molecule has 0 aliphatic rings. The Hall–Kier alpha value is 1.70. The van der Waals surface area contributed by atoms with E-state index in [0.29, 0.717) is 13.1 Å². The van der Waals surface area contributed by atoms with Crippen LogP contribution in [-0.4, -0.2) is 13.1 Å². The summed E-state index contributed by atoms with van der Waals surface area (Å²) >= 11 is 0. The molecule has 0 rings (SSSR count). The van der Waals surface area contributed by atoms with E-state index in [0.717, 1.165) is 0 Å². The molecule has 0 bridgehead atoms. The van der Waals surface area contributed by atoms with Crippen molar-refractivity contribution < 1.29 is 44.3 Å². The first kappa shape index (κ1) is 45.6. The van der Waals surface area contributed by atoms with Crippen LogP contribution in [0.1, 0.15) is 0 Å². The standard InChI is InChI=1S/C2H8N2.4ClH.Zn/c3-1-2-4;;;;;/h1-4H2;4*1H;/q;;;;;+2/p-2. The van der Waals surface area contributed by atoms with Gasteiger partial charge in [0.15, 0.2) is 0 Å². The number of hydrogen-bond acceptors (Lipinski definition) is 2. The molecule has 0 aromatic heterocycles. The van der Waals surface area contributed by atoms with Crippen molar-refractivity contribution in [3.63, 3.8) is 0 Å². The molecule has 0 saturated heterocycles. The van der Waals surface area contributed by atoms with Crippen molar-refractivity contribution in [2.45, 2.75) is 0 Å². The zero-order valence-electron chi connectivity index (χ0n) is 4.85. The first-order valence-electron chi connectivity index (χ1n) is 1.32. The topological polar surface area (TPSA) is 52.0 Å². The van der Waals surface area contributed by atoms with Gasteiger partial charge in [-0.1, -0.05) is 0 Å². The molecule has 9 heavy (non-hydrogen) atoms. The van der Waals surface area contributed by atoms with E-state index < -0.39 is 0 Å². The summed E-state index contributed by atoms with van der Waals surface area (Å²) < 4.78 is 0. The van der Waals surface area contributed by atoms with Crippen LogP contribution in [-0.2, 0) is 19.5 Å². The van der Waals surface area contributed by atoms with Gasteiger partial charge in [-0.05, 0) is 0 Å². The Bertz CT molecular complexity index is 18.5. The van der Waals surface area contributed by atoms with Crippen molar-refractivity contribution >= 4 is 24.8 Å². The molecular weight excluding hydrogens is 259 g/mol. The van der Waals surface area contributed by atoms with Crippen LogP contribution in [0.25, 0.3) is 0 Å². The molecule has 0 saturated carbocycles. The summed E-state index contributed by atoms with van der Waals surface area (Å²) in [6, 6.07) is 0. The molecule has 0 heterocycles. The third-order valence-corrected chi connectivity index (χ3v) is 0.167. The zero-order chi connectivity index (χ0) is 3.41. The van der Waals surface area contributed by atoms with Gasteiger partial charge in [0, 0.05) is 13.1 Å². The monoisotopic (exact) mass is 266 g/mol. The minimum Gasteiger partial charge on any atom is -1.00 e. The van der Waals surface area contributed by atoms with E-state index in [1.807, 2.05) is 0 Å². The van der Waals surface area contributed by atoms with Gasteiger partial charge in [0.1, 0.15) is 0 Å². The van der Waals surface area contributed by atoms with E-state index in [9.17, 15) is 0 Å². The van der Waals surface area contributed by atoms with Crippen LogP contribution < -0.4 is 36.3 Å². The molecule has 0 radical (unpaired) electrons. The summed E-state index contributed by atoms with van der Waals surface area (Å²) in [5, 5.41) is 0. The van der Waals surface area contributed by atoms with E-state index >= 15 is 0 Å². The fourth-order valence-electron chi connectivity index (χ4n) is 0. The van der Waals surface area contributed by atoms with Gasteiger partial charge in [0.2, 0.25) is 0 Å². The molecule has 0 aliphatic heterocycles. The molecule has 2 nitrogen and oxygen atoms in total. The number of halogens is 4. The zero-order valence-corrected chi connectivity index (χ0v) is 11.0. The van der Waals surface area contributed by atoms with Gasteiger partial charge in [-0.2, -0.15) is 0 Å². The molecule has 0 aromatic carbocycles. The van der Waals surface area contributed by atoms with Crippen molar-refractivity contribution in [2.24, 2.45) is 11.5 Å². The van der Waals surface area contributed by atoms with Gasteiger partial charge in [-0.15, -0.1) is 24.8 Å². The Labute approximate surface area is 93.3 Å². The van der Waals surface area contributed by atoms with Crippen LogP contribution in [0.15, 0.2) is 0 Å². The predicted molar refractivity (Wildman–Crippen MR) is 32.6 cm³/mol. The quantitative estimate of drug-likeness (QED) is 0.465. The van der Waals surface area contributed by atoms with Crippen molar-refractivity contribution in [1.29, 1.82) is 0 Å². The van der Waals surface area contributed by atoms with Crippen LogP contribution in [0, 0.1) is 0 Å². The number of rotatable bonds is 1. The Morgan fingerprint density at radius 2 is 0.889 bits per heavy atom. The van der Waals surface area contributed by atoms with Crippen LogP contribution in [0.2, 0.25) is 0 Å². The fourth-order valence-corrected chi connectivity index (χ4v) is 0. The summed E-state index contributed by atoms with van der Waals surface area (Å²) in [6.07, 6.45) is 0. The molecule has 0 amide bonds. The summed E-state index contributed by atoms with van der Waals surface area (Å²) in [6.45, 7) is 1.19. The van der Waals surface area contributed by atoms with Crippen LogP contribution in [0.4, 0.5) is 0 Å². The summed E-state index contributed by atoms with van der Waals surface area (Å²) in [5.74, 6) is 0. The van der Waals surface area contributed by atoms with E-state index in [2.05, 4.69) is 0 Å². The normalized spacial score (nSPS) is 3.33. The molecular formula is C2H10Cl4N2Zn. The largest absolute Gasteiger partial charge is 2.00 e. The Balaban J connectivity index is -0.00000000450. The second-order valence-electron chi connectivity index (χ2n) is 0.577. The Kier molecular flexibility index (Phi) is 271. The first-order chi connectivity index (χ1) is 1.91. The number of nitrogens with two attached hydrogens (primary N) is 2. The third kappa shape index (κ3) is 78.8.